The van der Waals surface area contributed by atoms with Crippen LogP contribution in [0.1, 0.15) is 88.0 Å². The molecule has 2 saturated heterocycles. The highest BCUT2D eigenvalue weighted by Gasteiger charge is 2.48. The fraction of sp³-hybridized carbons (Fsp3) is 0.431. The summed E-state index contributed by atoms with van der Waals surface area (Å²) in [6.07, 6.45) is 1.22. The molecule has 2 aromatic heterocycles. The molecule has 1 unspecified atom stereocenters. The molecule has 2 bridgehead atoms. The molecular weight excluding hydrogens is 1170 g/mol. The monoisotopic (exact) mass is 1240 g/mol. The molecular formula is C65H76F3N11O11. The quantitative estimate of drug-likeness (QED) is 0.0975. The van der Waals surface area contributed by atoms with Crippen molar-refractivity contribution in [3.8, 4) is 11.5 Å². The first-order valence-corrected chi connectivity index (χ1v) is 30.4. The second-order valence-electron chi connectivity index (χ2n) is 23.3. The zero-order valence-electron chi connectivity index (χ0n) is 50.6. The molecule has 4 aromatic carbocycles. The van der Waals surface area contributed by atoms with Gasteiger partial charge in [-0.3, -0.25) is 43.2 Å². The summed E-state index contributed by atoms with van der Waals surface area (Å²) in [5.41, 5.74) is 1.89. The van der Waals surface area contributed by atoms with E-state index >= 15 is 9.18 Å². The molecule has 0 radical (unpaired) electrons. The molecule has 8 atom stereocenters. The number of rotatable bonds is 8. The normalized spacial score (nSPS) is 24.6. The van der Waals surface area contributed by atoms with Gasteiger partial charge in [-0.15, -0.1) is 0 Å². The summed E-state index contributed by atoms with van der Waals surface area (Å²) < 4.78 is 56.8. The first-order chi connectivity index (χ1) is 43.2. The molecule has 9 amide bonds. The van der Waals surface area contributed by atoms with Gasteiger partial charge in [0.15, 0.2) is 0 Å². The number of benzene rings is 4. The molecule has 22 nitrogen and oxygen atoms in total. The van der Waals surface area contributed by atoms with Crippen LogP contribution in [0, 0.1) is 11.6 Å². The summed E-state index contributed by atoms with van der Waals surface area (Å²) in [5, 5.41) is 20.0. The number of alkyl halides is 1. The maximum Gasteiger partial charge on any atom is 0.246 e. The molecule has 0 saturated carbocycles. The Morgan fingerprint density at radius 1 is 0.633 bits per heavy atom. The highest BCUT2D eigenvalue weighted by Crippen LogP contribution is 2.32. The number of amides is 9. The van der Waals surface area contributed by atoms with Crippen molar-refractivity contribution in [1.29, 1.82) is 0 Å². The molecule has 6 aromatic rings. The van der Waals surface area contributed by atoms with Crippen LogP contribution >= 0.6 is 0 Å². The lowest BCUT2D eigenvalue weighted by Crippen LogP contribution is -2.62. The highest BCUT2D eigenvalue weighted by molar-refractivity contribution is 5.99. The topological polar surface area (TPSA) is 294 Å². The summed E-state index contributed by atoms with van der Waals surface area (Å²) in [6, 6.07) is 13.3. The van der Waals surface area contributed by atoms with E-state index in [1.165, 1.54) is 67.7 Å². The van der Waals surface area contributed by atoms with E-state index in [9.17, 15) is 47.1 Å². The van der Waals surface area contributed by atoms with E-state index in [4.69, 9.17) is 9.47 Å². The highest BCUT2D eigenvalue weighted by atomic mass is 19.1. The van der Waals surface area contributed by atoms with Crippen molar-refractivity contribution in [2.45, 2.75) is 139 Å². The van der Waals surface area contributed by atoms with Gasteiger partial charge in [-0.05, 0) is 129 Å². The van der Waals surface area contributed by atoms with Gasteiger partial charge in [0.05, 0.1) is 20.2 Å². The number of methoxy groups -OCH3 is 1. The second kappa shape index (κ2) is 29.3. The summed E-state index contributed by atoms with van der Waals surface area (Å²) in [4.78, 5) is 137. The number of hydrogen-bond acceptors (Lipinski definition) is 11. The molecule has 6 heterocycles. The van der Waals surface area contributed by atoms with Gasteiger partial charge in [-0.25, -0.2) is 13.2 Å². The lowest BCUT2D eigenvalue weighted by Gasteiger charge is -2.36. The van der Waals surface area contributed by atoms with Crippen LogP contribution in [-0.2, 0) is 68.8 Å². The molecule has 25 heteroatoms. The van der Waals surface area contributed by atoms with Crippen molar-refractivity contribution in [2.75, 3.05) is 39.9 Å². The number of carbonyl (C=O) groups excluding carboxylic acids is 9. The lowest BCUT2D eigenvalue weighted by atomic mass is 9.95. The number of fused-ring (bicyclic) bond motifs is 30. The predicted octanol–water partition coefficient (Wildman–Crippen LogP) is 4.18. The van der Waals surface area contributed by atoms with Gasteiger partial charge in [0.25, 0.3) is 0 Å². The number of aromatic amines is 2. The van der Waals surface area contributed by atoms with E-state index in [0.717, 1.165) is 10.5 Å². The van der Waals surface area contributed by atoms with Crippen LogP contribution in [0.25, 0.3) is 21.8 Å². The zero-order valence-corrected chi connectivity index (χ0v) is 50.6. The van der Waals surface area contributed by atoms with Gasteiger partial charge in [-0.2, -0.15) is 0 Å². The molecule has 10 rings (SSSR count). The van der Waals surface area contributed by atoms with Gasteiger partial charge in [0.1, 0.15) is 77.7 Å². The number of nitrogens with one attached hydrogen (secondary N) is 9. The van der Waals surface area contributed by atoms with E-state index < -0.39 is 120 Å². The largest absolute Gasteiger partial charge is 0.497 e. The van der Waals surface area contributed by atoms with Crippen molar-refractivity contribution < 1.29 is 65.8 Å². The van der Waals surface area contributed by atoms with Crippen molar-refractivity contribution >= 4 is 75.0 Å². The maximum absolute atomic E-state index is 16.0. The van der Waals surface area contributed by atoms with Gasteiger partial charge < -0.3 is 66.5 Å². The van der Waals surface area contributed by atoms with Crippen molar-refractivity contribution in [1.82, 2.24) is 57.0 Å². The van der Waals surface area contributed by atoms with E-state index in [1.54, 1.807) is 50.2 Å². The molecule has 90 heavy (non-hydrogen) atoms. The van der Waals surface area contributed by atoms with Crippen molar-refractivity contribution in [2.24, 2.45) is 0 Å². The average molecular weight is 1240 g/mol. The van der Waals surface area contributed by atoms with Gasteiger partial charge >= 0.3 is 0 Å². The zero-order chi connectivity index (χ0) is 64.2. The second-order valence-corrected chi connectivity index (χ2v) is 23.3. The number of H-pyrrole nitrogens is 2. The predicted molar refractivity (Wildman–Crippen MR) is 326 cm³/mol. The van der Waals surface area contributed by atoms with Crippen LogP contribution in [0.5, 0.6) is 11.5 Å². The molecule has 4 aliphatic rings. The molecule has 0 spiro atoms. The van der Waals surface area contributed by atoms with Crippen molar-refractivity contribution in [3.05, 3.63) is 131 Å². The van der Waals surface area contributed by atoms with E-state index in [0.29, 0.717) is 69.3 Å². The minimum atomic E-state index is -1.77. The summed E-state index contributed by atoms with van der Waals surface area (Å²) in [5.74, 6) is -6.44. The Labute approximate surface area is 517 Å². The van der Waals surface area contributed by atoms with Gasteiger partial charge in [0, 0.05) is 85.8 Å². The minimum absolute atomic E-state index is 0.0242. The molecule has 4 aliphatic heterocycles. The van der Waals surface area contributed by atoms with Crippen LogP contribution in [0.2, 0.25) is 0 Å². The van der Waals surface area contributed by atoms with Gasteiger partial charge in [-0.1, -0.05) is 31.2 Å². The SMILES string of the molecule is CCC1NC(=O)[C@@H]2C[C@H](F)CN2C(=O)[C@H](Cc2c[nH]c3ccc(F)cc23)NC(=O)[C@H](Cc2c[nH]c3ccc(F)cc23)NC(=O)[C@@H](C)NC(=O)CCCC(=O)NCCOc2ccc(cc2)CCNC(=O)[C@]2(C)CCCN2C(=O)[C@H](Cc2ccc(OC)cc2)NC1=O. The van der Waals surface area contributed by atoms with Crippen LogP contribution in [0.3, 0.4) is 0 Å². The fourth-order valence-electron chi connectivity index (χ4n) is 11.9. The van der Waals surface area contributed by atoms with Crippen LogP contribution in [0.15, 0.2) is 97.3 Å². The summed E-state index contributed by atoms with van der Waals surface area (Å²) >= 11 is 0. The third-order valence-electron chi connectivity index (χ3n) is 16.9. The molecule has 9 N–H and O–H groups in total. The minimum Gasteiger partial charge on any atom is -0.497 e. The Morgan fingerprint density at radius 2 is 1.23 bits per heavy atom. The number of ether oxygens (including phenoxy) is 2. The third kappa shape index (κ3) is 15.9. The Kier molecular flexibility index (Phi) is 21.1. The lowest BCUT2D eigenvalue weighted by molar-refractivity contribution is -0.146. The first-order valence-electron chi connectivity index (χ1n) is 30.4. The van der Waals surface area contributed by atoms with Crippen molar-refractivity contribution in [3.63, 3.8) is 0 Å². The standard InChI is InChI=1S/C65H76F3N11O11/c1-5-49-59(83)76-53(28-39-12-16-45(89-4)17-13-39)63(87)79-26-7-23-65(79,3)64(88)70-24-22-38-10-18-46(19-11-38)90-27-25-69-56(80)8-6-9-57(81)73-37(2)58(82)75-52(29-40-34-71-50-20-14-42(66)31-47(40)50)60(84)77-54(30-41-35-72-51-21-15-43(67)32-48(41)51)62(86)78-36-44(68)33-55(78)61(85)74-49/h10-21,31-32,34-35,37,44,49,52-55,71-72H,5-9,22-30,33,36H2,1-4H3,(H,69,80)(H,70,88)(H,73,81)(H,74,85)(H,75,82)(H,76,83)(H,77,84)/t37-,44+,49?,52+,53+,54+,55+,65+/m1/s1. The maximum atomic E-state index is 16.0. The number of carbonyl (C=O) groups is 9. The third-order valence-corrected chi connectivity index (χ3v) is 16.9. The van der Waals surface area contributed by atoms with E-state index in [-0.39, 0.29) is 77.1 Å². The molecule has 0 aliphatic carbocycles. The van der Waals surface area contributed by atoms with E-state index in [1.807, 2.05) is 12.1 Å². The number of halogens is 3. The van der Waals surface area contributed by atoms with E-state index in [2.05, 4.69) is 47.2 Å². The fourth-order valence-corrected chi connectivity index (χ4v) is 11.9. The van der Waals surface area contributed by atoms with Crippen LogP contribution in [0.4, 0.5) is 13.2 Å². The summed E-state index contributed by atoms with van der Waals surface area (Å²) in [7, 11) is 1.50. The van der Waals surface area contributed by atoms with Crippen LogP contribution in [-0.4, -0.2) is 161 Å². The number of nitrogens with zero attached hydrogens (tertiary/aromatic N) is 2. The van der Waals surface area contributed by atoms with Crippen LogP contribution < -0.4 is 46.7 Å². The molecule has 478 valence electrons. The Bertz CT molecular complexity index is 3620. The number of hydrogen-bond donors (Lipinski definition) is 9. The van der Waals surface area contributed by atoms with Gasteiger partial charge in [0.2, 0.25) is 53.2 Å². The Hall–Kier alpha value is -9.42. The Balaban J connectivity index is 1.01. The summed E-state index contributed by atoms with van der Waals surface area (Å²) in [6.45, 7) is 4.77. The first kappa shape index (κ1) is 65.0. The molecule has 2 fully saturated rings. The average Bonchev–Trinajstić information content (AvgIpc) is 1.66. The Morgan fingerprint density at radius 3 is 1.88 bits per heavy atom. The smallest absolute Gasteiger partial charge is 0.246 e. The number of aromatic nitrogens is 2.